The predicted molar refractivity (Wildman–Crippen MR) is 104 cm³/mol. The maximum atomic E-state index is 12.7. The third-order valence-electron chi connectivity index (χ3n) is 5.22. The molecule has 1 saturated heterocycles. The SMILES string of the molecule is CCc1ccccc1CN1C(=O)CCC1CC(=O)N(C)c1ccccc1. The molecular weight excluding hydrogens is 324 g/mol. The van der Waals surface area contributed by atoms with E-state index in [1.54, 1.807) is 11.9 Å². The van der Waals surface area contributed by atoms with Gasteiger partial charge in [0.05, 0.1) is 0 Å². The summed E-state index contributed by atoms with van der Waals surface area (Å²) in [6, 6.07) is 17.8. The van der Waals surface area contributed by atoms with Gasteiger partial charge in [0.25, 0.3) is 0 Å². The van der Waals surface area contributed by atoms with Gasteiger partial charge in [-0.3, -0.25) is 9.59 Å². The normalized spacial score (nSPS) is 16.8. The summed E-state index contributed by atoms with van der Waals surface area (Å²) >= 11 is 0. The molecule has 0 spiro atoms. The monoisotopic (exact) mass is 350 g/mol. The minimum absolute atomic E-state index is 0.0222. The molecule has 0 aliphatic carbocycles. The largest absolute Gasteiger partial charge is 0.335 e. The fraction of sp³-hybridized carbons (Fsp3) is 0.364. The van der Waals surface area contributed by atoms with Crippen LogP contribution in [0.3, 0.4) is 0 Å². The van der Waals surface area contributed by atoms with Gasteiger partial charge < -0.3 is 9.80 Å². The van der Waals surface area contributed by atoms with Gasteiger partial charge in [-0.05, 0) is 36.1 Å². The van der Waals surface area contributed by atoms with Crippen LogP contribution in [0.25, 0.3) is 0 Å². The molecule has 0 aromatic heterocycles. The molecule has 26 heavy (non-hydrogen) atoms. The van der Waals surface area contributed by atoms with Crippen LogP contribution in [0, 0.1) is 0 Å². The molecule has 2 aromatic carbocycles. The van der Waals surface area contributed by atoms with Crippen molar-refractivity contribution in [3.63, 3.8) is 0 Å². The summed E-state index contributed by atoms with van der Waals surface area (Å²) in [4.78, 5) is 28.7. The van der Waals surface area contributed by atoms with E-state index in [1.807, 2.05) is 47.4 Å². The maximum absolute atomic E-state index is 12.7. The molecule has 4 nitrogen and oxygen atoms in total. The molecule has 1 heterocycles. The van der Waals surface area contributed by atoms with Gasteiger partial charge in [0, 0.05) is 38.2 Å². The molecule has 0 bridgehead atoms. The minimum Gasteiger partial charge on any atom is -0.335 e. The maximum Gasteiger partial charge on any atom is 0.228 e. The van der Waals surface area contributed by atoms with E-state index in [9.17, 15) is 9.59 Å². The highest BCUT2D eigenvalue weighted by atomic mass is 16.2. The molecule has 1 fully saturated rings. The van der Waals surface area contributed by atoms with Crippen molar-refractivity contribution in [2.45, 2.75) is 45.2 Å². The molecule has 4 heteroatoms. The van der Waals surface area contributed by atoms with Crippen molar-refractivity contribution < 1.29 is 9.59 Å². The van der Waals surface area contributed by atoms with Crippen LogP contribution in [0.15, 0.2) is 54.6 Å². The Kier molecular flexibility index (Phi) is 5.71. The van der Waals surface area contributed by atoms with Gasteiger partial charge in [-0.25, -0.2) is 0 Å². The number of aryl methyl sites for hydroxylation is 1. The van der Waals surface area contributed by atoms with Crippen LogP contribution >= 0.6 is 0 Å². The summed E-state index contributed by atoms with van der Waals surface area (Å²) in [6.45, 7) is 2.72. The lowest BCUT2D eigenvalue weighted by molar-refractivity contribution is -0.130. The number of para-hydroxylation sites is 1. The number of likely N-dealkylation sites (tertiary alicyclic amines) is 1. The lowest BCUT2D eigenvalue weighted by Crippen LogP contribution is -2.38. The van der Waals surface area contributed by atoms with Crippen molar-refractivity contribution in [2.24, 2.45) is 0 Å². The van der Waals surface area contributed by atoms with Crippen molar-refractivity contribution in [1.29, 1.82) is 0 Å². The second-order valence-corrected chi connectivity index (χ2v) is 6.83. The van der Waals surface area contributed by atoms with Crippen molar-refractivity contribution in [3.8, 4) is 0 Å². The molecule has 0 N–H and O–H groups in total. The Morgan fingerprint density at radius 3 is 2.42 bits per heavy atom. The number of anilines is 1. The topological polar surface area (TPSA) is 40.6 Å². The Morgan fingerprint density at radius 2 is 1.73 bits per heavy atom. The fourth-order valence-corrected chi connectivity index (χ4v) is 3.60. The van der Waals surface area contributed by atoms with E-state index in [4.69, 9.17) is 0 Å². The highest BCUT2D eigenvalue weighted by Crippen LogP contribution is 2.26. The summed E-state index contributed by atoms with van der Waals surface area (Å²) in [5.41, 5.74) is 3.32. The van der Waals surface area contributed by atoms with Crippen molar-refractivity contribution in [3.05, 3.63) is 65.7 Å². The van der Waals surface area contributed by atoms with Gasteiger partial charge in [-0.15, -0.1) is 0 Å². The average molecular weight is 350 g/mol. The highest BCUT2D eigenvalue weighted by molar-refractivity contribution is 5.93. The number of hydrogen-bond acceptors (Lipinski definition) is 2. The Morgan fingerprint density at radius 1 is 1.08 bits per heavy atom. The van der Waals surface area contributed by atoms with Crippen LogP contribution in [-0.4, -0.2) is 29.8 Å². The molecule has 0 saturated carbocycles. The quantitative estimate of drug-likeness (QED) is 0.795. The van der Waals surface area contributed by atoms with Crippen LogP contribution in [-0.2, 0) is 22.6 Å². The van der Waals surface area contributed by atoms with Gasteiger partial charge in [0.1, 0.15) is 0 Å². The van der Waals surface area contributed by atoms with Crippen LogP contribution < -0.4 is 4.90 Å². The molecule has 0 radical (unpaired) electrons. The van der Waals surface area contributed by atoms with E-state index in [0.717, 1.165) is 18.5 Å². The van der Waals surface area contributed by atoms with Crippen LogP contribution in [0.1, 0.15) is 37.3 Å². The molecule has 1 aliphatic heterocycles. The number of hydrogen-bond donors (Lipinski definition) is 0. The second kappa shape index (κ2) is 8.17. The zero-order chi connectivity index (χ0) is 18.5. The van der Waals surface area contributed by atoms with E-state index >= 15 is 0 Å². The first kappa shape index (κ1) is 18.2. The molecule has 2 aromatic rings. The van der Waals surface area contributed by atoms with Gasteiger partial charge >= 0.3 is 0 Å². The number of amides is 2. The van der Waals surface area contributed by atoms with Crippen LogP contribution in [0.4, 0.5) is 5.69 Å². The number of rotatable bonds is 6. The van der Waals surface area contributed by atoms with E-state index in [2.05, 4.69) is 19.1 Å². The summed E-state index contributed by atoms with van der Waals surface area (Å²) in [5, 5.41) is 0. The summed E-state index contributed by atoms with van der Waals surface area (Å²) in [5.74, 6) is 0.195. The first-order valence-corrected chi connectivity index (χ1v) is 9.28. The first-order valence-electron chi connectivity index (χ1n) is 9.28. The van der Waals surface area contributed by atoms with Gasteiger partial charge in [0.15, 0.2) is 0 Å². The third kappa shape index (κ3) is 3.96. The highest BCUT2D eigenvalue weighted by Gasteiger charge is 2.33. The Balaban J connectivity index is 1.70. The smallest absolute Gasteiger partial charge is 0.228 e. The van der Waals surface area contributed by atoms with E-state index in [1.165, 1.54) is 11.1 Å². The van der Waals surface area contributed by atoms with E-state index in [0.29, 0.717) is 19.4 Å². The molecule has 1 atom stereocenters. The minimum atomic E-state index is -0.0222. The van der Waals surface area contributed by atoms with Gasteiger partial charge in [0.2, 0.25) is 11.8 Å². The predicted octanol–water partition coefficient (Wildman–Crippen LogP) is 3.79. The average Bonchev–Trinajstić information content (AvgIpc) is 3.02. The summed E-state index contributed by atoms with van der Waals surface area (Å²) in [7, 11) is 1.80. The second-order valence-electron chi connectivity index (χ2n) is 6.83. The van der Waals surface area contributed by atoms with Gasteiger partial charge in [-0.1, -0.05) is 49.4 Å². The van der Waals surface area contributed by atoms with Gasteiger partial charge in [-0.2, -0.15) is 0 Å². The van der Waals surface area contributed by atoms with Crippen molar-refractivity contribution in [2.75, 3.05) is 11.9 Å². The zero-order valence-electron chi connectivity index (χ0n) is 15.5. The zero-order valence-corrected chi connectivity index (χ0v) is 15.5. The third-order valence-corrected chi connectivity index (χ3v) is 5.22. The molecule has 136 valence electrons. The van der Waals surface area contributed by atoms with E-state index < -0.39 is 0 Å². The number of carbonyl (C=O) groups excluding carboxylic acids is 2. The summed E-state index contributed by atoms with van der Waals surface area (Å²) < 4.78 is 0. The summed E-state index contributed by atoms with van der Waals surface area (Å²) in [6.07, 6.45) is 2.59. The number of nitrogens with zero attached hydrogens (tertiary/aromatic N) is 2. The standard InChI is InChI=1S/C22H26N2O2/c1-3-17-9-7-8-10-18(17)16-24-20(13-14-21(24)25)15-22(26)23(2)19-11-5-4-6-12-19/h4-12,20H,3,13-16H2,1-2H3. The fourth-order valence-electron chi connectivity index (χ4n) is 3.60. The number of carbonyl (C=O) groups is 2. The molecule has 1 aliphatic rings. The lowest BCUT2D eigenvalue weighted by atomic mass is 10.0. The van der Waals surface area contributed by atoms with E-state index in [-0.39, 0.29) is 17.9 Å². The van der Waals surface area contributed by atoms with Crippen LogP contribution in [0.5, 0.6) is 0 Å². The Hall–Kier alpha value is -2.62. The van der Waals surface area contributed by atoms with Crippen molar-refractivity contribution >= 4 is 17.5 Å². The van der Waals surface area contributed by atoms with Crippen molar-refractivity contribution in [1.82, 2.24) is 4.90 Å². The molecule has 2 amide bonds. The molecule has 3 rings (SSSR count). The van der Waals surface area contributed by atoms with Crippen LogP contribution in [0.2, 0.25) is 0 Å². The first-order chi connectivity index (χ1) is 12.6. The number of benzene rings is 2. The Labute approximate surface area is 155 Å². The molecule has 1 unspecified atom stereocenters. The Bertz CT molecular complexity index is 773. The lowest BCUT2D eigenvalue weighted by Gasteiger charge is -2.27. The molecular formula is C22H26N2O2.